The summed E-state index contributed by atoms with van der Waals surface area (Å²) in [5.41, 5.74) is -0.435. The maximum Gasteiger partial charge on any atom is 1.00 e. The molecule has 112 valence electrons. The topological polar surface area (TPSA) is 107 Å². The van der Waals surface area contributed by atoms with E-state index in [4.69, 9.17) is 9.29 Å². The molecule has 0 fully saturated rings. The number of hydrogen-bond acceptors (Lipinski definition) is 6. The van der Waals surface area contributed by atoms with E-state index in [1.807, 2.05) is 0 Å². The normalized spacial score (nSPS) is 10.4. The van der Waals surface area contributed by atoms with Crippen molar-refractivity contribution in [1.82, 2.24) is 0 Å². The predicted octanol–water partition coefficient (Wildman–Crippen LogP) is -1.60. The number of esters is 2. The number of carbonyl (C=O) groups excluding carboxylic acids is 2. The van der Waals surface area contributed by atoms with Crippen LogP contribution in [0.2, 0.25) is 0 Å². The molecule has 0 saturated heterocycles. The van der Waals surface area contributed by atoms with E-state index < -0.39 is 27.0 Å². The molecule has 0 unspecified atom stereocenters. The monoisotopic (exact) mass is 326 g/mol. The summed E-state index contributed by atoms with van der Waals surface area (Å²) in [4.78, 5) is 22.4. The average molecular weight is 326 g/mol. The summed E-state index contributed by atoms with van der Waals surface area (Å²) < 4.78 is 41.1. The summed E-state index contributed by atoms with van der Waals surface area (Å²) in [6.07, 6.45) is 0. The molecular weight excluding hydrogens is 311 g/mol. The van der Waals surface area contributed by atoms with Gasteiger partial charge in [0.15, 0.2) is 0 Å². The minimum absolute atomic E-state index is 0. The summed E-state index contributed by atoms with van der Waals surface area (Å²) in [6, 6.07) is 3.19. The van der Waals surface area contributed by atoms with E-state index in [0.717, 1.165) is 12.1 Å². The van der Waals surface area contributed by atoms with E-state index in [-0.39, 0.29) is 55.3 Å². The third-order valence-electron chi connectivity index (χ3n) is 2.27. The zero-order chi connectivity index (χ0) is 15.3. The van der Waals surface area contributed by atoms with Crippen LogP contribution in [-0.4, -0.2) is 38.1 Å². The van der Waals surface area contributed by atoms with Crippen molar-refractivity contribution in [2.45, 2.75) is 18.7 Å². The smallest absolute Gasteiger partial charge is 1.00 e. The molecule has 0 saturated carbocycles. The van der Waals surface area contributed by atoms with Gasteiger partial charge >= 0.3 is 41.5 Å². The zero-order valence-corrected chi connectivity index (χ0v) is 14.8. The van der Waals surface area contributed by atoms with Crippen molar-refractivity contribution in [3.63, 3.8) is 0 Å². The van der Waals surface area contributed by atoms with Gasteiger partial charge in [-0.05, 0) is 32.0 Å². The van der Waals surface area contributed by atoms with Crippen molar-refractivity contribution in [3.8, 4) is 0 Å². The quantitative estimate of drug-likeness (QED) is 0.395. The number of ether oxygens (including phenoxy) is 2. The van der Waals surface area contributed by atoms with Crippen LogP contribution in [0.25, 0.3) is 0 Å². The van der Waals surface area contributed by atoms with Gasteiger partial charge in [-0.3, -0.25) is 4.55 Å². The van der Waals surface area contributed by atoms with E-state index in [0.29, 0.717) is 0 Å². The minimum atomic E-state index is -4.68. The van der Waals surface area contributed by atoms with Gasteiger partial charge in [-0.1, -0.05) is 0 Å². The molecule has 1 rings (SSSR count). The number of benzene rings is 1. The van der Waals surface area contributed by atoms with E-state index >= 15 is 0 Å². The van der Waals surface area contributed by atoms with Gasteiger partial charge in [-0.25, -0.2) is 9.59 Å². The van der Waals surface area contributed by atoms with E-state index in [1.165, 1.54) is 6.07 Å². The number of hydrogen-bond donors (Lipinski definition) is 1. The fraction of sp³-hybridized carbons (Fsp3) is 0.333. The molecular formula is C12H15NaO7S. The molecule has 0 aliphatic heterocycles. The number of rotatable bonds is 5. The minimum Gasteiger partial charge on any atom is -1.00 e. The van der Waals surface area contributed by atoms with Crippen LogP contribution in [0.5, 0.6) is 0 Å². The van der Waals surface area contributed by atoms with Crippen molar-refractivity contribution in [2.75, 3.05) is 13.2 Å². The Hall–Kier alpha value is -0.930. The Morgan fingerprint density at radius 2 is 1.67 bits per heavy atom. The first-order valence-electron chi connectivity index (χ1n) is 5.77. The van der Waals surface area contributed by atoms with E-state index in [1.54, 1.807) is 13.8 Å². The third-order valence-corrected chi connectivity index (χ3v) is 3.16. The van der Waals surface area contributed by atoms with Crippen LogP contribution in [0.1, 0.15) is 36.0 Å². The van der Waals surface area contributed by atoms with Crippen LogP contribution in [0.4, 0.5) is 0 Å². The van der Waals surface area contributed by atoms with Crippen LogP contribution in [0.3, 0.4) is 0 Å². The summed E-state index contributed by atoms with van der Waals surface area (Å²) in [7, 11) is -4.68. The van der Waals surface area contributed by atoms with Crippen molar-refractivity contribution in [2.24, 2.45) is 0 Å². The predicted molar refractivity (Wildman–Crippen MR) is 69.3 cm³/mol. The molecule has 1 aromatic carbocycles. The van der Waals surface area contributed by atoms with Gasteiger partial charge in [0.2, 0.25) is 0 Å². The van der Waals surface area contributed by atoms with Crippen LogP contribution < -0.4 is 29.6 Å². The SMILES string of the molecule is CCOC(=O)c1ccc(C(=O)OCC)c(S(=O)(=O)O)c1.[H-].[Na+]. The summed E-state index contributed by atoms with van der Waals surface area (Å²) in [5, 5.41) is 0. The van der Waals surface area contributed by atoms with Crippen molar-refractivity contribution in [3.05, 3.63) is 29.3 Å². The van der Waals surface area contributed by atoms with Crippen molar-refractivity contribution < 1.29 is 63.0 Å². The molecule has 0 atom stereocenters. The van der Waals surface area contributed by atoms with E-state index in [2.05, 4.69) is 4.74 Å². The number of carbonyl (C=O) groups is 2. The van der Waals surface area contributed by atoms with Crippen molar-refractivity contribution in [1.29, 1.82) is 0 Å². The van der Waals surface area contributed by atoms with Crippen LogP contribution in [-0.2, 0) is 19.6 Å². The summed E-state index contributed by atoms with van der Waals surface area (Å²) >= 11 is 0. The Balaban J connectivity index is 0. The molecule has 0 aliphatic rings. The van der Waals surface area contributed by atoms with Gasteiger partial charge in [0.1, 0.15) is 4.90 Å². The Morgan fingerprint density at radius 1 is 1.14 bits per heavy atom. The third kappa shape index (κ3) is 5.40. The Kier molecular flexibility index (Phi) is 8.12. The molecule has 0 aliphatic carbocycles. The zero-order valence-electron chi connectivity index (χ0n) is 13.0. The van der Waals surface area contributed by atoms with Gasteiger partial charge < -0.3 is 10.9 Å². The van der Waals surface area contributed by atoms with Gasteiger partial charge in [-0.15, -0.1) is 0 Å². The van der Waals surface area contributed by atoms with Crippen LogP contribution in [0.15, 0.2) is 23.1 Å². The molecule has 0 heterocycles. The molecule has 0 aromatic heterocycles. The molecule has 0 radical (unpaired) electrons. The first kappa shape index (κ1) is 20.1. The van der Waals surface area contributed by atoms with Gasteiger partial charge in [-0.2, -0.15) is 8.42 Å². The fourth-order valence-corrected chi connectivity index (χ4v) is 2.16. The van der Waals surface area contributed by atoms with Gasteiger partial charge in [0.05, 0.1) is 24.3 Å². The van der Waals surface area contributed by atoms with Gasteiger partial charge in [0.25, 0.3) is 10.1 Å². The molecule has 9 heteroatoms. The Bertz CT molecular complexity index is 630. The Morgan fingerprint density at radius 3 is 2.14 bits per heavy atom. The van der Waals surface area contributed by atoms with Crippen LogP contribution in [0, 0.1) is 0 Å². The second-order valence-corrected chi connectivity index (χ2v) is 5.02. The maximum atomic E-state index is 11.6. The molecule has 21 heavy (non-hydrogen) atoms. The average Bonchev–Trinajstić information content (AvgIpc) is 2.37. The second-order valence-electron chi connectivity index (χ2n) is 3.63. The molecule has 0 bridgehead atoms. The summed E-state index contributed by atoms with van der Waals surface area (Å²) in [6.45, 7) is 3.30. The molecule has 1 aromatic rings. The van der Waals surface area contributed by atoms with Gasteiger partial charge in [0, 0.05) is 0 Å². The molecule has 0 spiro atoms. The second kappa shape index (κ2) is 8.50. The molecule has 7 nitrogen and oxygen atoms in total. The first-order valence-corrected chi connectivity index (χ1v) is 7.21. The fourth-order valence-electron chi connectivity index (χ4n) is 1.45. The van der Waals surface area contributed by atoms with Crippen LogP contribution >= 0.6 is 0 Å². The maximum absolute atomic E-state index is 11.6. The van der Waals surface area contributed by atoms with E-state index in [9.17, 15) is 18.0 Å². The largest absolute Gasteiger partial charge is 1.00 e. The molecule has 1 N–H and O–H groups in total. The summed E-state index contributed by atoms with van der Waals surface area (Å²) in [5.74, 6) is -1.66. The first-order chi connectivity index (χ1) is 9.31. The van der Waals surface area contributed by atoms with Crippen molar-refractivity contribution >= 4 is 22.1 Å². The Labute approximate surface area is 146 Å². The molecule has 0 amide bonds. The standard InChI is InChI=1S/C12H14O7S.Na.H/c1-3-18-11(13)8-5-6-9(12(14)19-4-2)10(7-8)20(15,16)17;;/h5-7H,3-4H2,1-2H3,(H,15,16,17);;/q;+1;-1.